The van der Waals surface area contributed by atoms with Gasteiger partial charge in [0.05, 0.1) is 11.2 Å². The van der Waals surface area contributed by atoms with Crippen molar-refractivity contribution in [2.75, 3.05) is 45.3 Å². The van der Waals surface area contributed by atoms with Crippen LogP contribution in [0.25, 0.3) is 0 Å². The lowest BCUT2D eigenvalue weighted by atomic mass is 9.94. The fourth-order valence-electron chi connectivity index (χ4n) is 3.43. The summed E-state index contributed by atoms with van der Waals surface area (Å²) in [5.41, 5.74) is 0.402. The van der Waals surface area contributed by atoms with E-state index in [-0.39, 0.29) is 11.5 Å². The molecule has 0 radical (unpaired) electrons. The second-order valence-corrected chi connectivity index (χ2v) is 6.61. The lowest BCUT2D eigenvalue weighted by Crippen LogP contribution is -2.44. The number of likely N-dealkylation sites (tertiary alicyclic amines) is 1. The van der Waals surface area contributed by atoms with E-state index in [2.05, 4.69) is 10.3 Å². The molecule has 2 aliphatic rings. The highest BCUT2D eigenvalue weighted by molar-refractivity contribution is 5.98. The minimum atomic E-state index is -0.249. The van der Waals surface area contributed by atoms with Crippen LogP contribution in [-0.2, 0) is 9.47 Å². The van der Waals surface area contributed by atoms with Crippen molar-refractivity contribution in [2.24, 2.45) is 0 Å². The molecule has 0 unspecified atom stereocenters. The first-order valence-corrected chi connectivity index (χ1v) is 8.85. The molecule has 6 heteroatoms. The minimum Gasteiger partial charge on any atom is -0.381 e. The molecule has 1 N–H and O–H groups in total. The van der Waals surface area contributed by atoms with Gasteiger partial charge < -0.3 is 19.7 Å². The molecule has 1 aromatic heterocycles. The number of anilines is 1. The topological polar surface area (TPSA) is 63.7 Å². The van der Waals surface area contributed by atoms with E-state index >= 15 is 0 Å². The monoisotopic (exact) mass is 333 g/mol. The fraction of sp³-hybridized carbons (Fsp3) is 0.667. The Morgan fingerprint density at radius 1 is 1.33 bits per heavy atom. The maximum Gasteiger partial charge on any atom is 0.257 e. The van der Waals surface area contributed by atoms with Crippen molar-refractivity contribution in [3.05, 3.63) is 23.9 Å². The normalized spacial score (nSPS) is 20.6. The molecule has 0 atom stereocenters. The van der Waals surface area contributed by atoms with Crippen LogP contribution in [0.2, 0.25) is 0 Å². The molecule has 0 saturated carbocycles. The minimum absolute atomic E-state index is 0.0729. The molecule has 0 bridgehead atoms. The number of piperidine rings is 1. The highest BCUT2D eigenvalue weighted by Gasteiger charge is 2.33. The third kappa shape index (κ3) is 3.87. The Hall–Kier alpha value is -1.66. The zero-order valence-electron chi connectivity index (χ0n) is 14.4. The predicted molar refractivity (Wildman–Crippen MR) is 92.3 cm³/mol. The van der Waals surface area contributed by atoms with E-state index in [0.717, 1.165) is 38.8 Å². The summed E-state index contributed by atoms with van der Waals surface area (Å²) in [6.07, 6.45) is 6.79. The Balaban J connectivity index is 1.70. The molecule has 0 aromatic carbocycles. The van der Waals surface area contributed by atoms with E-state index in [0.29, 0.717) is 31.1 Å². The van der Waals surface area contributed by atoms with Crippen LogP contribution >= 0.6 is 0 Å². The number of pyridine rings is 1. The number of aromatic nitrogens is 1. The van der Waals surface area contributed by atoms with Gasteiger partial charge in [0.2, 0.25) is 0 Å². The van der Waals surface area contributed by atoms with Gasteiger partial charge in [-0.15, -0.1) is 0 Å². The van der Waals surface area contributed by atoms with Gasteiger partial charge in [-0.1, -0.05) is 0 Å². The molecule has 3 rings (SSSR count). The van der Waals surface area contributed by atoms with Gasteiger partial charge in [-0.3, -0.25) is 4.79 Å². The van der Waals surface area contributed by atoms with Crippen LogP contribution in [0.4, 0.5) is 5.82 Å². The van der Waals surface area contributed by atoms with Crippen LogP contribution < -0.4 is 5.32 Å². The number of amides is 1. The van der Waals surface area contributed by atoms with Crippen LogP contribution in [0.3, 0.4) is 0 Å². The number of nitrogens with zero attached hydrogens (tertiary/aromatic N) is 2. The van der Waals surface area contributed by atoms with Gasteiger partial charge >= 0.3 is 0 Å². The molecular weight excluding hydrogens is 306 g/mol. The Morgan fingerprint density at radius 2 is 2.08 bits per heavy atom. The summed E-state index contributed by atoms with van der Waals surface area (Å²) in [4.78, 5) is 19.2. The molecule has 0 spiro atoms. The molecule has 2 saturated heterocycles. The number of hydrogen-bond donors (Lipinski definition) is 1. The van der Waals surface area contributed by atoms with Crippen molar-refractivity contribution in [2.45, 2.75) is 37.7 Å². The lowest BCUT2D eigenvalue weighted by Gasteiger charge is -2.36. The van der Waals surface area contributed by atoms with Crippen molar-refractivity contribution in [1.29, 1.82) is 0 Å². The van der Waals surface area contributed by atoms with E-state index in [9.17, 15) is 4.79 Å². The summed E-state index contributed by atoms with van der Waals surface area (Å²) < 4.78 is 11.2. The molecule has 2 aliphatic heterocycles. The molecule has 0 aliphatic carbocycles. The summed E-state index contributed by atoms with van der Waals surface area (Å²) >= 11 is 0. The molecule has 24 heavy (non-hydrogen) atoms. The number of carbonyl (C=O) groups is 1. The first-order valence-electron chi connectivity index (χ1n) is 8.85. The van der Waals surface area contributed by atoms with Gasteiger partial charge in [-0.2, -0.15) is 0 Å². The molecule has 1 aromatic rings. The van der Waals surface area contributed by atoms with Gasteiger partial charge in [0.1, 0.15) is 5.82 Å². The van der Waals surface area contributed by atoms with Crippen molar-refractivity contribution >= 4 is 11.7 Å². The quantitative estimate of drug-likeness (QED) is 0.896. The molecular formula is C18H27N3O3. The summed E-state index contributed by atoms with van der Waals surface area (Å²) in [7, 11) is 1.74. The van der Waals surface area contributed by atoms with Crippen LogP contribution in [0, 0.1) is 0 Å². The maximum absolute atomic E-state index is 12.8. The van der Waals surface area contributed by atoms with E-state index in [4.69, 9.17) is 9.47 Å². The molecule has 1 amide bonds. The highest BCUT2D eigenvalue weighted by Crippen LogP contribution is 2.26. The van der Waals surface area contributed by atoms with Crippen LogP contribution in [0.5, 0.6) is 0 Å². The summed E-state index contributed by atoms with van der Waals surface area (Å²) in [5.74, 6) is 0.722. The van der Waals surface area contributed by atoms with E-state index in [1.165, 1.54) is 6.42 Å². The maximum atomic E-state index is 12.8. The van der Waals surface area contributed by atoms with Gasteiger partial charge in [0, 0.05) is 59.0 Å². The van der Waals surface area contributed by atoms with Crippen LogP contribution in [-0.4, -0.2) is 61.3 Å². The van der Waals surface area contributed by atoms with Gasteiger partial charge in [0.15, 0.2) is 0 Å². The SMILES string of the molecule is COC1(CNc2ncccc2C(=O)N2CCCCC2)CCOCC1. The third-order valence-electron chi connectivity index (χ3n) is 5.10. The summed E-state index contributed by atoms with van der Waals surface area (Å²) in [5, 5.41) is 3.36. The number of carbonyl (C=O) groups excluding carboxylic acids is 1. The van der Waals surface area contributed by atoms with Crippen LogP contribution in [0.15, 0.2) is 18.3 Å². The van der Waals surface area contributed by atoms with Crippen molar-refractivity contribution in [3.63, 3.8) is 0 Å². The Kier molecular flexibility index (Phi) is 5.68. The van der Waals surface area contributed by atoms with Crippen molar-refractivity contribution in [1.82, 2.24) is 9.88 Å². The molecule has 3 heterocycles. The van der Waals surface area contributed by atoms with E-state index in [1.807, 2.05) is 17.0 Å². The number of methoxy groups -OCH3 is 1. The van der Waals surface area contributed by atoms with Crippen LogP contribution in [0.1, 0.15) is 42.5 Å². The van der Waals surface area contributed by atoms with E-state index < -0.39 is 0 Å². The Labute approximate surface area is 143 Å². The number of hydrogen-bond acceptors (Lipinski definition) is 5. The second kappa shape index (κ2) is 7.94. The average Bonchev–Trinajstić information content (AvgIpc) is 2.67. The van der Waals surface area contributed by atoms with Crippen molar-refractivity contribution < 1.29 is 14.3 Å². The number of nitrogens with one attached hydrogen (secondary N) is 1. The Bertz CT molecular complexity index is 552. The van der Waals surface area contributed by atoms with Gasteiger partial charge in [-0.25, -0.2) is 4.98 Å². The van der Waals surface area contributed by atoms with Gasteiger partial charge in [-0.05, 0) is 31.4 Å². The van der Waals surface area contributed by atoms with Gasteiger partial charge in [0.25, 0.3) is 5.91 Å². The second-order valence-electron chi connectivity index (χ2n) is 6.61. The molecule has 132 valence electrons. The zero-order valence-corrected chi connectivity index (χ0v) is 14.4. The lowest BCUT2D eigenvalue weighted by molar-refractivity contribution is -0.0807. The Morgan fingerprint density at radius 3 is 2.79 bits per heavy atom. The summed E-state index contributed by atoms with van der Waals surface area (Å²) in [6.45, 7) is 3.72. The molecule has 2 fully saturated rings. The third-order valence-corrected chi connectivity index (χ3v) is 5.10. The van der Waals surface area contributed by atoms with E-state index in [1.54, 1.807) is 13.3 Å². The first-order chi connectivity index (χ1) is 11.7. The standard InChI is InChI=1S/C18H27N3O3/c1-23-18(7-12-24-13-8-18)14-20-16-15(6-5-9-19-16)17(22)21-10-3-2-4-11-21/h5-6,9H,2-4,7-8,10-14H2,1H3,(H,19,20). The zero-order chi connectivity index (χ0) is 16.8. The smallest absolute Gasteiger partial charge is 0.257 e. The average molecular weight is 333 g/mol. The highest BCUT2D eigenvalue weighted by atomic mass is 16.5. The first kappa shape index (κ1) is 17.2. The predicted octanol–water partition coefficient (Wildman–Crippen LogP) is 2.32. The van der Waals surface area contributed by atoms with Crippen molar-refractivity contribution in [3.8, 4) is 0 Å². The summed E-state index contributed by atoms with van der Waals surface area (Å²) in [6, 6.07) is 3.68. The molecule has 6 nitrogen and oxygen atoms in total. The number of rotatable bonds is 5. The fourth-order valence-corrected chi connectivity index (χ4v) is 3.43. The largest absolute Gasteiger partial charge is 0.381 e. The number of ether oxygens (including phenoxy) is 2.